The van der Waals surface area contributed by atoms with Gasteiger partial charge in [-0.2, -0.15) is 0 Å². The highest BCUT2D eigenvalue weighted by atomic mass is 32.1. The molecule has 0 saturated heterocycles. The molecule has 0 aromatic heterocycles. The van der Waals surface area contributed by atoms with Crippen molar-refractivity contribution in [2.24, 2.45) is 0 Å². The van der Waals surface area contributed by atoms with Gasteiger partial charge in [0.1, 0.15) is 0 Å². The van der Waals surface area contributed by atoms with Crippen molar-refractivity contribution in [3.8, 4) is 0 Å². The summed E-state index contributed by atoms with van der Waals surface area (Å²) in [5, 5.41) is 0. The Hall–Kier alpha value is -0.370. The Bertz CT molecular complexity index is 68.5. The molecule has 0 amide bonds. The van der Waals surface area contributed by atoms with Crippen molar-refractivity contribution in [3.05, 3.63) is 12.3 Å². The lowest BCUT2D eigenvalue weighted by Crippen LogP contribution is -1.67. The van der Waals surface area contributed by atoms with Crippen LogP contribution in [0.1, 0.15) is 13.3 Å². The summed E-state index contributed by atoms with van der Waals surface area (Å²) in [6.45, 7) is 2.03. The molecule has 0 N–H and O–H groups in total. The molecule has 0 heterocycles. The van der Waals surface area contributed by atoms with Gasteiger partial charge in [-0.05, 0) is 24.7 Å². The van der Waals surface area contributed by atoms with E-state index in [9.17, 15) is 0 Å². The monoisotopic (exact) mass is 116 g/mol. The molecule has 1 nitrogen and oxygen atoms in total. The molecule has 0 spiro atoms. The van der Waals surface area contributed by atoms with E-state index in [1.54, 1.807) is 6.26 Å². The van der Waals surface area contributed by atoms with Crippen molar-refractivity contribution in [2.45, 2.75) is 13.3 Å². The first-order chi connectivity index (χ1) is 3.41. The Labute approximate surface area is 49.0 Å². The van der Waals surface area contributed by atoms with Crippen LogP contribution in [0.25, 0.3) is 0 Å². The number of hydrogen-bond donors (Lipinski definition) is 0. The second kappa shape index (κ2) is 5.63. The molecule has 0 atom stereocenters. The molecule has 0 bridgehead atoms. The van der Waals surface area contributed by atoms with Crippen molar-refractivity contribution in [3.63, 3.8) is 0 Å². The highest BCUT2D eigenvalue weighted by Crippen LogP contribution is 1.77. The van der Waals surface area contributed by atoms with Crippen LogP contribution < -0.4 is 0 Å². The van der Waals surface area contributed by atoms with Gasteiger partial charge in [0.2, 0.25) is 0 Å². The molecule has 0 aromatic carbocycles. The summed E-state index contributed by atoms with van der Waals surface area (Å²) in [5.74, 6) is 0. The van der Waals surface area contributed by atoms with Crippen molar-refractivity contribution in [1.29, 1.82) is 0 Å². The van der Waals surface area contributed by atoms with Gasteiger partial charge in [0.25, 0.3) is 0 Å². The van der Waals surface area contributed by atoms with Crippen LogP contribution in [0.4, 0.5) is 0 Å². The molecule has 0 aliphatic carbocycles. The fraction of sp³-hybridized carbons (Fsp3) is 0.400. The SMILES string of the molecule is CC/C=C/OC=S. The Balaban J connectivity index is 2.92. The first-order valence-electron chi connectivity index (χ1n) is 2.16. The number of rotatable bonds is 3. The Morgan fingerprint density at radius 3 is 2.86 bits per heavy atom. The molecular weight excluding hydrogens is 108 g/mol. The number of ether oxygens (including phenoxy) is 1. The smallest absolute Gasteiger partial charge is 0.153 e. The topological polar surface area (TPSA) is 9.23 Å². The van der Waals surface area contributed by atoms with E-state index in [0.29, 0.717) is 0 Å². The molecule has 0 rings (SSSR count). The molecule has 0 aliphatic rings. The average molecular weight is 116 g/mol. The maximum atomic E-state index is 4.58. The van der Waals surface area contributed by atoms with Crippen LogP contribution in [0.15, 0.2) is 12.3 Å². The number of allylic oxidation sites excluding steroid dienone is 1. The van der Waals surface area contributed by atoms with Gasteiger partial charge in [0.15, 0.2) is 5.55 Å². The minimum absolute atomic E-state index is 0.989. The molecular formula is C5H8OS. The van der Waals surface area contributed by atoms with Crippen molar-refractivity contribution in [2.75, 3.05) is 0 Å². The lowest BCUT2D eigenvalue weighted by molar-refractivity contribution is 0.502. The van der Waals surface area contributed by atoms with Crippen LogP contribution in [-0.2, 0) is 4.74 Å². The molecule has 0 radical (unpaired) electrons. The summed E-state index contributed by atoms with van der Waals surface area (Å²) >= 11 is 4.37. The second-order valence-electron chi connectivity index (χ2n) is 1.01. The van der Waals surface area contributed by atoms with Gasteiger partial charge >= 0.3 is 0 Å². The van der Waals surface area contributed by atoms with Crippen molar-refractivity contribution in [1.82, 2.24) is 0 Å². The first kappa shape index (κ1) is 6.63. The quantitative estimate of drug-likeness (QED) is 0.411. The van der Waals surface area contributed by atoms with Gasteiger partial charge in [0, 0.05) is 0 Å². The van der Waals surface area contributed by atoms with E-state index in [4.69, 9.17) is 0 Å². The van der Waals surface area contributed by atoms with Gasteiger partial charge in [-0.1, -0.05) is 6.92 Å². The summed E-state index contributed by atoms with van der Waals surface area (Å²) in [7, 11) is 0. The molecule has 0 fully saturated rings. The minimum atomic E-state index is 0.989. The third-order valence-corrected chi connectivity index (χ3v) is 0.577. The van der Waals surface area contributed by atoms with Crippen molar-refractivity contribution < 1.29 is 4.74 Å². The summed E-state index contributed by atoms with van der Waals surface area (Å²) in [6, 6.07) is 0. The largest absolute Gasteiger partial charge is 0.462 e. The summed E-state index contributed by atoms with van der Waals surface area (Å²) in [6.07, 6.45) is 4.46. The fourth-order valence-electron chi connectivity index (χ4n) is 0.184. The van der Waals surface area contributed by atoms with E-state index in [-0.39, 0.29) is 0 Å². The van der Waals surface area contributed by atoms with Gasteiger partial charge in [-0.25, -0.2) is 0 Å². The normalized spacial score (nSPS) is 9.29. The van der Waals surface area contributed by atoms with E-state index in [0.717, 1.165) is 6.42 Å². The fourth-order valence-corrected chi connectivity index (χ4v) is 0.248. The molecule has 0 unspecified atom stereocenters. The van der Waals surface area contributed by atoms with Crippen LogP contribution in [-0.4, -0.2) is 5.55 Å². The van der Waals surface area contributed by atoms with Crippen LogP contribution in [0, 0.1) is 0 Å². The predicted octanol–water partition coefficient (Wildman–Crippen LogP) is 1.88. The van der Waals surface area contributed by atoms with E-state index in [2.05, 4.69) is 17.0 Å². The second-order valence-corrected chi connectivity index (χ2v) is 1.20. The Morgan fingerprint density at radius 2 is 2.43 bits per heavy atom. The third kappa shape index (κ3) is 5.63. The summed E-state index contributed by atoms with van der Waals surface area (Å²) in [5.41, 5.74) is 1.23. The van der Waals surface area contributed by atoms with Gasteiger partial charge in [0.05, 0.1) is 6.26 Å². The molecule has 0 aromatic rings. The molecule has 7 heavy (non-hydrogen) atoms. The van der Waals surface area contributed by atoms with E-state index in [1.807, 2.05) is 13.0 Å². The van der Waals surface area contributed by atoms with E-state index < -0.39 is 0 Å². The zero-order valence-electron chi connectivity index (χ0n) is 4.26. The van der Waals surface area contributed by atoms with E-state index >= 15 is 0 Å². The zero-order chi connectivity index (χ0) is 5.54. The number of hydrogen-bond acceptors (Lipinski definition) is 2. The third-order valence-electron chi connectivity index (χ3n) is 0.466. The minimum Gasteiger partial charge on any atom is -0.462 e. The standard InChI is InChI=1S/C5H8OS/c1-2-3-4-6-5-7/h3-5H,2H2,1H3/b4-3+. The lowest BCUT2D eigenvalue weighted by Gasteiger charge is -1.80. The van der Waals surface area contributed by atoms with Gasteiger partial charge in [-0.15, -0.1) is 0 Å². The Kier molecular flexibility index (Phi) is 5.33. The molecule has 2 heteroatoms. The maximum Gasteiger partial charge on any atom is 0.153 e. The van der Waals surface area contributed by atoms with Gasteiger partial charge in [-0.3, -0.25) is 0 Å². The maximum absolute atomic E-state index is 4.58. The molecule has 0 aliphatic heterocycles. The lowest BCUT2D eigenvalue weighted by atomic mass is 10.5. The average Bonchev–Trinajstić information content (AvgIpc) is 1.69. The van der Waals surface area contributed by atoms with Crippen LogP contribution in [0.2, 0.25) is 0 Å². The van der Waals surface area contributed by atoms with E-state index in [1.165, 1.54) is 5.55 Å². The first-order valence-corrected chi connectivity index (χ1v) is 2.63. The van der Waals surface area contributed by atoms with Crippen LogP contribution in [0.5, 0.6) is 0 Å². The van der Waals surface area contributed by atoms with Crippen LogP contribution in [0.3, 0.4) is 0 Å². The predicted molar refractivity (Wildman–Crippen MR) is 34.2 cm³/mol. The summed E-state index contributed by atoms with van der Waals surface area (Å²) < 4.78 is 4.58. The van der Waals surface area contributed by atoms with Gasteiger partial charge < -0.3 is 4.74 Å². The molecule has 40 valence electrons. The zero-order valence-corrected chi connectivity index (χ0v) is 5.07. The molecule has 0 saturated carbocycles. The van der Waals surface area contributed by atoms with Crippen molar-refractivity contribution >= 4 is 17.8 Å². The highest BCUT2D eigenvalue weighted by molar-refractivity contribution is 7.78. The number of thiocarbonyl (C=S) groups is 1. The Morgan fingerprint density at radius 1 is 1.71 bits per heavy atom. The summed E-state index contributed by atoms with van der Waals surface area (Å²) in [4.78, 5) is 0. The highest BCUT2D eigenvalue weighted by Gasteiger charge is 1.62. The van der Waals surface area contributed by atoms with Crippen LogP contribution >= 0.6 is 12.2 Å².